The summed E-state index contributed by atoms with van der Waals surface area (Å²) in [7, 11) is 0. The molecule has 0 aliphatic rings. The van der Waals surface area contributed by atoms with Crippen molar-refractivity contribution in [1.82, 2.24) is 25.1 Å². The number of rotatable bonds is 4. The Kier molecular flexibility index (Phi) is 4.31. The molecule has 6 heteroatoms. The maximum atomic E-state index is 4.44. The number of nitrogens with one attached hydrogen (secondary N) is 1. The highest BCUT2D eigenvalue weighted by atomic mass is 79.9. The fraction of sp³-hybridized carbons (Fsp3) is 0.462. The molecule has 0 aromatic carbocycles. The topological polar surface area (TPSA) is 55.6 Å². The lowest BCUT2D eigenvalue weighted by Gasteiger charge is -2.08. The molecule has 0 unspecified atom stereocenters. The minimum atomic E-state index is 0.438. The largest absolute Gasteiger partial charge is 0.309 e. The van der Waals surface area contributed by atoms with E-state index in [0.717, 1.165) is 33.9 Å². The molecule has 0 amide bonds. The van der Waals surface area contributed by atoms with E-state index < -0.39 is 0 Å². The highest BCUT2D eigenvalue weighted by molar-refractivity contribution is 9.10. The summed E-state index contributed by atoms with van der Waals surface area (Å²) in [6.45, 7) is 8.90. The number of hydrogen-bond acceptors (Lipinski definition) is 4. The summed E-state index contributed by atoms with van der Waals surface area (Å²) in [5, 5.41) is 7.75. The molecule has 0 fully saturated rings. The van der Waals surface area contributed by atoms with Crippen LogP contribution in [0.5, 0.6) is 0 Å². The van der Waals surface area contributed by atoms with Crippen molar-refractivity contribution in [3.8, 4) is 5.82 Å². The zero-order valence-corrected chi connectivity index (χ0v) is 13.2. The molecular weight excluding hydrogens is 306 g/mol. The molecule has 1 N–H and O–H groups in total. The van der Waals surface area contributed by atoms with Gasteiger partial charge in [-0.05, 0) is 29.8 Å². The van der Waals surface area contributed by atoms with Crippen LogP contribution in [0.1, 0.15) is 30.9 Å². The van der Waals surface area contributed by atoms with Crippen molar-refractivity contribution < 1.29 is 0 Å². The Balaban J connectivity index is 2.20. The Hall–Kier alpha value is -1.27. The number of nitrogens with zero attached hydrogens (tertiary/aromatic N) is 4. The van der Waals surface area contributed by atoms with Gasteiger partial charge in [0.25, 0.3) is 0 Å². The second kappa shape index (κ2) is 5.79. The molecular formula is C13H18BrN5. The van der Waals surface area contributed by atoms with Crippen LogP contribution < -0.4 is 5.32 Å². The van der Waals surface area contributed by atoms with Crippen LogP contribution in [-0.2, 0) is 6.54 Å². The predicted octanol–water partition coefficient (Wildman–Crippen LogP) is 2.54. The lowest BCUT2D eigenvalue weighted by Crippen LogP contribution is -2.22. The molecule has 0 saturated heterocycles. The summed E-state index contributed by atoms with van der Waals surface area (Å²) in [4.78, 5) is 8.83. The molecule has 0 aliphatic heterocycles. The SMILES string of the molecule is Cc1nn(-c2cnc(CNC(C)C)cn2)c(C)c1Br. The van der Waals surface area contributed by atoms with Gasteiger partial charge in [0.2, 0.25) is 0 Å². The van der Waals surface area contributed by atoms with E-state index in [2.05, 4.69) is 50.2 Å². The maximum Gasteiger partial charge on any atom is 0.172 e. The van der Waals surface area contributed by atoms with Gasteiger partial charge in [-0.25, -0.2) is 9.67 Å². The van der Waals surface area contributed by atoms with Gasteiger partial charge < -0.3 is 5.32 Å². The zero-order chi connectivity index (χ0) is 14.0. The molecule has 0 bridgehead atoms. The van der Waals surface area contributed by atoms with Crippen molar-refractivity contribution >= 4 is 15.9 Å². The average Bonchev–Trinajstić information content (AvgIpc) is 2.65. The smallest absolute Gasteiger partial charge is 0.172 e. The molecule has 19 heavy (non-hydrogen) atoms. The summed E-state index contributed by atoms with van der Waals surface area (Å²) in [6, 6.07) is 0.438. The molecule has 0 atom stereocenters. The highest BCUT2D eigenvalue weighted by Gasteiger charge is 2.11. The van der Waals surface area contributed by atoms with Crippen LogP contribution in [0.2, 0.25) is 0 Å². The number of hydrogen-bond donors (Lipinski definition) is 1. The van der Waals surface area contributed by atoms with Crippen LogP contribution in [0.15, 0.2) is 16.9 Å². The van der Waals surface area contributed by atoms with Gasteiger partial charge in [0.15, 0.2) is 5.82 Å². The average molecular weight is 324 g/mol. The second-order valence-corrected chi connectivity index (χ2v) is 5.59. The van der Waals surface area contributed by atoms with E-state index in [1.165, 1.54) is 0 Å². The summed E-state index contributed by atoms with van der Waals surface area (Å²) >= 11 is 3.51. The Bertz CT molecular complexity index is 559. The van der Waals surface area contributed by atoms with Gasteiger partial charge in [-0.1, -0.05) is 13.8 Å². The maximum absolute atomic E-state index is 4.44. The van der Waals surface area contributed by atoms with Crippen LogP contribution in [0.4, 0.5) is 0 Å². The normalized spacial score (nSPS) is 11.3. The van der Waals surface area contributed by atoms with Gasteiger partial charge in [0.05, 0.1) is 33.9 Å². The van der Waals surface area contributed by atoms with Gasteiger partial charge in [0.1, 0.15) is 0 Å². The van der Waals surface area contributed by atoms with Crippen molar-refractivity contribution in [2.45, 2.75) is 40.3 Å². The standard InChI is InChI=1S/C13H18BrN5/c1-8(2)15-5-11-6-17-12(7-16-11)19-10(4)13(14)9(3)18-19/h6-8,15H,5H2,1-4H3. The van der Waals surface area contributed by atoms with Gasteiger partial charge >= 0.3 is 0 Å². The molecule has 2 aromatic rings. The number of aromatic nitrogens is 4. The van der Waals surface area contributed by atoms with Crippen LogP contribution in [0.25, 0.3) is 5.82 Å². The Morgan fingerprint density at radius 1 is 1.26 bits per heavy atom. The first kappa shape index (κ1) is 14.1. The summed E-state index contributed by atoms with van der Waals surface area (Å²) in [5.41, 5.74) is 2.91. The quantitative estimate of drug-likeness (QED) is 0.939. The van der Waals surface area contributed by atoms with E-state index in [-0.39, 0.29) is 0 Å². The lowest BCUT2D eigenvalue weighted by molar-refractivity contribution is 0.579. The van der Waals surface area contributed by atoms with Gasteiger partial charge in [-0.3, -0.25) is 4.98 Å². The highest BCUT2D eigenvalue weighted by Crippen LogP contribution is 2.21. The van der Waals surface area contributed by atoms with Gasteiger partial charge in [-0.2, -0.15) is 5.10 Å². The molecule has 0 radical (unpaired) electrons. The van der Waals surface area contributed by atoms with E-state index in [4.69, 9.17) is 0 Å². The number of aryl methyl sites for hydroxylation is 1. The van der Waals surface area contributed by atoms with Crippen LogP contribution >= 0.6 is 15.9 Å². The van der Waals surface area contributed by atoms with E-state index >= 15 is 0 Å². The molecule has 0 spiro atoms. The molecule has 2 rings (SSSR count). The Labute approximate surface area is 121 Å². The van der Waals surface area contributed by atoms with Crippen LogP contribution in [0.3, 0.4) is 0 Å². The third kappa shape index (κ3) is 3.19. The van der Waals surface area contributed by atoms with Crippen molar-refractivity contribution in [2.24, 2.45) is 0 Å². The number of halogens is 1. The molecule has 102 valence electrons. The fourth-order valence-corrected chi connectivity index (χ4v) is 1.95. The molecule has 0 saturated carbocycles. The first-order chi connectivity index (χ1) is 8.99. The van der Waals surface area contributed by atoms with Gasteiger partial charge in [-0.15, -0.1) is 0 Å². The van der Waals surface area contributed by atoms with Crippen LogP contribution in [-0.4, -0.2) is 25.8 Å². The van der Waals surface area contributed by atoms with Crippen molar-refractivity contribution in [3.05, 3.63) is 33.9 Å². The van der Waals surface area contributed by atoms with Crippen molar-refractivity contribution in [3.63, 3.8) is 0 Å². The van der Waals surface area contributed by atoms with Crippen molar-refractivity contribution in [2.75, 3.05) is 0 Å². The predicted molar refractivity (Wildman–Crippen MR) is 78.3 cm³/mol. The van der Waals surface area contributed by atoms with E-state index in [1.54, 1.807) is 17.1 Å². The van der Waals surface area contributed by atoms with E-state index in [0.29, 0.717) is 6.04 Å². The fourth-order valence-electron chi connectivity index (χ4n) is 1.70. The van der Waals surface area contributed by atoms with Crippen molar-refractivity contribution in [1.29, 1.82) is 0 Å². The Morgan fingerprint density at radius 2 is 2.00 bits per heavy atom. The van der Waals surface area contributed by atoms with Crippen LogP contribution in [0, 0.1) is 13.8 Å². The molecule has 2 heterocycles. The first-order valence-electron chi connectivity index (χ1n) is 6.25. The molecule has 0 aliphatic carbocycles. The third-order valence-electron chi connectivity index (χ3n) is 2.80. The van der Waals surface area contributed by atoms with E-state index in [9.17, 15) is 0 Å². The summed E-state index contributed by atoms with van der Waals surface area (Å²) < 4.78 is 2.81. The minimum absolute atomic E-state index is 0.438. The zero-order valence-electron chi connectivity index (χ0n) is 11.6. The van der Waals surface area contributed by atoms with Gasteiger partial charge in [0, 0.05) is 12.6 Å². The monoisotopic (exact) mass is 323 g/mol. The summed E-state index contributed by atoms with van der Waals surface area (Å²) in [6.07, 6.45) is 3.54. The molecule has 2 aromatic heterocycles. The Morgan fingerprint density at radius 3 is 2.47 bits per heavy atom. The van der Waals surface area contributed by atoms with E-state index in [1.807, 2.05) is 13.8 Å². The second-order valence-electron chi connectivity index (χ2n) is 4.80. The first-order valence-corrected chi connectivity index (χ1v) is 7.04. The lowest BCUT2D eigenvalue weighted by atomic mass is 10.3. The third-order valence-corrected chi connectivity index (χ3v) is 3.95. The minimum Gasteiger partial charge on any atom is -0.309 e. The summed E-state index contributed by atoms with van der Waals surface area (Å²) in [5.74, 6) is 0.736. The molecule has 5 nitrogen and oxygen atoms in total.